The fraction of sp³-hybridized carbons (Fsp3) is 0.136. The van der Waals surface area contributed by atoms with Crippen molar-refractivity contribution in [1.29, 1.82) is 0 Å². The van der Waals surface area contributed by atoms with Crippen LogP contribution in [0, 0.1) is 27.2 Å². The lowest BCUT2D eigenvalue weighted by Gasteiger charge is -2.10. The molecule has 3 aromatic rings. The number of nitrogens with one attached hydrogen (secondary N) is 1. The second-order valence-electron chi connectivity index (χ2n) is 6.91. The summed E-state index contributed by atoms with van der Waals surface area (Å²) in [7, 11) is 0. The molecular weight excluding hydrogens is 438 g/mol. The molecular formula is C22H18ClN3O6. The number of hydrogen-bond acceptors (Lipinski definition) is 6. The van der Waals surface area contributed by atoms with E-state index < -0.39 is 21.2 Å². The number of carbonyl (C=O) groups is 1. The molecule has 32 heavy (non-hydrogen) atoms. The Morgan fingerprint density at radius 2 is 1.59 bits per heavy atom. The predicted molar refractivity (Wildman–Crippen MR) is 119 cm³/mol. The van der Waals surface area contributed by atoms with E-state index in [0.717, 1.165) is 29.3 Å². The maximum absolute atomic E-state index is 12.2. The highest BCUT2D eigenvalue weighted by atomic mass is 35.5. The highest BCUT2D eigenvalue weighted by Crippen LogP contribution is 2.31. The predicted octanol–water partition coefficient (Wildman–Crippen LogP) is 5.83. The lowest BCUT2D eigenvalue weighted by Crippen LogP contribution is -2.13. The van der Waals surface area contributed by atoms with E-state index in [4.69, 9.17) is 16.3 Å². The molecule has 0 saturated heterocycles. The molecule has 0 aliphatic heterocycles. The molecule has 0 aromatic heterocycles. The van der Waals surface area contributed by atoms with Crippen LogP contribution in [0.25, 0.3) is 0 Å². The van der Waals surface area contributed by atoms with Crippen molar-refractivity contribution in [2.75, 3.05) is 5.32 Å². The van der Waals surface area contributed by atoms with Gasteiger partial charge in [-0.3, -0.25) is 25.0 Å². The van der Waals surface area contributed by atoms with Crippen LogP contribution in [0.15, 0.2) is 60.7 Å². The van der Waals surface area contributed by atoms with Gasteiger partial charge in [-0.1, -0.05) is 29.8 Å². The molecule has 0 atom stereocenters. The first kappa shape index (κ1) is 22.7. The van der Waals surface area contributed by atoms with Gasteiger partial charge in [0.1, 0.15) is 11.5 Å². The topological polar surface area (TPSA) is 125 Å². The molecule has 0 aliphatic rings. The molecule has 1 amide bonds. The van der Waals surface area contributed by atoms with Crippen molar-refractivity contribution in [3.63, 3.8) is 0 Å². The Balaban J connectivity index is 1.62. The summed E-state index contributed by atoms with van der Waals surface area (Å²) in [5.74, 6) is 0.178. The Kier molecular flexibility index (Phi) is 7.01. The minimum absolute atomic E-state index is 0.0186. The fourth-order valence-corrected chi connectivity index (χ4v) is 3.09. The van der Waals surface area contributed by atoms with Gasteiger partial charge >= 0.3 is 0 Å². The van der Waals surface area contributed by atoms with Gasteiger partial charge in [-0.25, -0.2) is 0 Å². The molecule has 3 rings (SSSR count). The molecule has 0 heterocycles. The average molecular weight is 456 g/mol. The molecule has 0 unspecified atom stereocenters. The Morgan fingerprint density at radius 1 is 0.969 bits per heavy atom. The summed E-state index contributed by atoms with van der Waals surface area (Å²) in [6.07, 6.45) is 0.733. The number of amides is 1. The van der Waals surface area contributed by atoms with E-state index >= 15 is 0 Å². The fourth-order valence-electron chi connectivity index (χ4n) is 2.91. The minimum atomic E-state index is -0.723. The first-order chi connectivity index (χ1) is 15.2. The molecule has 3 aromatic carbocycles. The third-order valence-corrected chi connectivity index (χ3v) is 5.05. The van der Waals surface area contributed by atoms with E-state index in [1.807, 2.05) is 6.92 Å². The van der Waals surface area contributed by atoms with E-state index in [9.17, 15) is 25.0 Å². The number of aryl methyl sites for hydroxylation is 1. The number of benzene rings is 3. The number of nitro groups is 2. The van der Waals surface area contributed by atoms with E-state index in [1.54, 1.807) is 42.5 Å². The quantitative estimate of drug-likeness (QED) is 0.336. The van der Waals surface area contributed by atoms with Crippen molar-refractivity contribution in [2.45, 2.75) is 19.8 Å². The molecule has 0 spiro atoms. The van der Waals surface area contributed by atoms with Crippen molar-refractivity contribution in [3.8, 4) is 11.5 Å². The molecule has 1 N–H and O–H groups in total. The summed E-state index contributed by atoms with van der Waals surface area (Å²) < 4.78 is 5.54. The maximum atomic E-state index is 12.2. The Morgan fingerprint density at radius 3 is 2.19 bits per heavy atom. The number of hydrogen-bond donors (Lipinski definition) is 1. The van der Waals surface area contributed by atoms with Crippen molar-refractivity contribution < 1.29 is 19.4 Å². The van der Waals surface area contributed by atoms with Crippen LogP contribution in [0.2, 0.25) is 5.02 Å². The summed E-state index contributed by atoms with van der Waals surface area (Å²) in [6.45, 7) is 1.83. The zero-order valence-electron chi connectivity index (χ0n) is 16.9. The Labute approximate surface area is 187 Å². The third kappa shape index (κ3) is 5.79. The normalized spacial score (nSPS) is 10.4. The summed E-state index contributed by atoms with van der Waals surface area (Å²) in [6, 6.07) is 15.1. The molecule has 164 valence electrons. The number of nitro benzene ring substituents is 2. The monoisotopic (exact) mass is 455 g/mol. The van der Waals surface area contributed by atoms with Crippen molar-refractivity contribution in [3.05, 3.63) is 97.0 Å². The summed E-state index contributed by atoms with van der Waals surface area (Å²) >= 11 is 6.06. The standard InChI is InChI=1S/C22H18ClN3O6/c1-14-20(23)3-2-4-21(14)24-22(27)10-7-15-5-8-18(9-6-15)32-19-12-16(25(28)29)11-17(13-19)26(30)31/h2-6,8-9,11-13H,7,10H2,1H3,(H,24,27). The molecule has 10 heteroatoms. The summed E-state index contributed by atoms with van der Waals surface area (Å²) in [5, 5.41) is 25.4. The van der Waals surface area contributed by atoms with Crippen molar-refractivity contribution in [1.82, 2.24) is 0 Å². The van der Waals surface area contributed by atoms with Crippen LogP contribution in [-0.4, -0.2) is 15.8 Å². The van der Waals surface area contributed by atoms with Gasteiger partial charge in [-0.2, -0.15) is 0 Å². The Bertz CT molecular complexity index is 1150. The Hall–Kier alpha value is -3.98. The third-order valence-electron chi connectivity index (χ3n) is 4.64. The van der Waals surface area contributed by atoms with Crippen LogP contribution in [0.1, 0.15) is 17.5 Å². The van der Waals surface area contributed by atoms with Gasteiger partial charge in [-0.15, -0.1) is 0 Å². The molecule has 0 aliphatic carbocycles. The zero-order chi connectivity index (χ0) is 23.3. The number of carbonyl (C=O) groups excluding carboxylic acids is 1. The zero-order valence-corrected chi connectivity index (χ0v) is 17.7. The number of anilines is 1. The van der Waals surface area contributed by atoms with E-state index in [1.165, 1.54) is 0 Å². The first-order valence-corrected chi connectivity index (χ1v) is 9.86. The van der Waals surface area contributed by atoms with Crippen molar-refractivity contribution >= 4 is 34.6 Å². The van der Waals surface area contributed by atoms with Gasteiger partial charge in [0, 0.05) is 17.1 Å². The number of halogens is 1. The van der Waals surface area contributed by atoms with Gasteiger partial charge in [0.15, 0.2) is 0 Å². The molecule has 0 bridgehead atoms. The lowest BCUT2D eigenvalue weighted by molar-refractivity contribution is -0.394. The average Bonchev–Trinajstić information content (AvgIpc) is 2.76. The van der Waals surface area contributed by atoms with E-state index in [0.29, 0.717) is 22.9 Å². The summed E-state index contributed by atoms with van der Waals surface area (Å²) in [5.41, 5.74) is 1.46. The highest BCUT2D eigenvalue weighted by Gasteiger charge is 2.17. The minimum Gasteiger partial charge on any atom is -0.457 e. The first-order valence-electron chi connectivity index (χ1n) is 9.48. The molecule has 0 saturated carbocycles. The van der Waals surface area contributed by atoms with Crippen LogP contribution in [0.4, 0.5) is 17.1 Å². The van der Waals surface area contributed by atoms with Crippen LogP contribution >= 0.6 is 11.6 Å². The van der Waals surface area contributed by atoms with Gasteiger partial charge in [0.2, 0.25) is 5.91 Å². The second-order valence-corrected chi connectivity index (χ2v) is 7.31. The van der Waals surface area contributed by atoms with E-state index in [-0.39, 0.29) is 18.1 Å². The smallest absolute Gasteiger partial charge is 0.280 e. The molecule has 0 fully saturated rings. The number of nitrogens with zero attached hydrogens (tertiary/aromatic N) is 2. The number of non-ortho nitro benzene ring substituents is 2. The summed E-state index contributed by atoms with van der Waals surface area (Å²) in [4.78, 5) is 32.8. The highest BCUT2D eigenvalue weighted by molar-refractivity contribution is 6.31. The van der Waals surface area contributed by atoms with Gasteiger partial charge < -0.3 is 10.1 Å². The van der Waals surface area contributed by atoms with Gasteiger partial charge in [0.05, 0.1) is 28.0 Å². The van der Waals surface area contributed by atoms with Crippen LogP contribution < -0.4 is 10.1 Å². The SMILES string of the molecule is Cc1c(Cl)cccc1NC(=O)CCc1ccc(Oc2cc([N+](=O)[O-])cc([N+](=O)[O-])c2)cc1. The van der Waals surface area contributed by atoms with Gasteiger partial charge in [0.25, 0.3) is 11.4 Å². The number of ether oxygens (including phenoxy) is 1. The number of rotatable bonds is 8. The van der Waals surface area contributed by atoms with Crippen molar-refractivity contribution in [2.24, 2.45) is 0 Å². The van der Waals surface area contributed by atoms with Crippen LogP contribution in [0.5, 0.6) is 11.5 Å². The maximum Gasteiger partial charge on any atom is 0.280 e. The second kappa shape index (κ2) is 9.88. The largest absolute Gasteiger partial charge is 0.457 e. The van der Waals surface area contributed by atoms with Crippen LogP contribution in [0.3, 0.4) is 0 Å². The van der Waals surface area contributed by atoms with Gasteiger partial charge in [-0.05, 0) is 48.7 Å². The van der Waals surface area contributed by atoms with Crippen LogP contribution in [-0.2, 0) is 11.2 Å². The molecule has 9 nitrogen and oxygen atoms in total. The molecule has 0 radical (unpaired) electrons. The lowest BCUT2D eigenvalue weighted by atomic mass is 10.1. The van der Waals surface area contributed by atoms with E-state index in [2.05, 4.69) is 5.32 Å².